The molecule has 1 rings (SSSR count). The van der Waals surface area contributed by atoms with Crippen molar-refractivity contribution < 1.29 is 9.63 Å². The second-order valence-corrected chi connectivity index (χ2v) is 3.87. The molecule has 88 valence electrons. The van der Waals surface area contributed by atoms with Gasteiger partial charge in [0.15, 0.2) is 5.69 Å². The molecule has 0 atom stereocenters. The Kier molecular flexibility index (Phi) is 4.45. The zero-order chi connectivity index (χ0) is 12.3. The van der Waals surface area contributed by atoms with Crippen molar-refractivity contribution in [3.63, 3.8) is 0 Å². The summed E-state index contributed by atoms with van der Waals surface area (Å²) in [6.07, 6.45) is 0. The summed E-state index contributed by atoms with van der Waals surface area (Å²) in [5.41, 5.74) is 0.133. The second kappa shape index (κ2) is 5.42. The molecular weight excluding hydrogens is 299 g/mol. The molecule has 0 aliphatic rings. The van der Waals surface area contributed by atoms with E-state index in [1.165, 1.54) is 14.2 Å². The van der Waals surface area contributed by atoms with Crippen molar-refractivity contribution in [2.45, 2.75) is 0 Å². The number of carbonyl (C=O) groups is 1. The van der Waals surface area contributed by atoms with Gasteiger partial charge in [-0.25, -0.2) is 10.0 Å². The third-order valence-corrected chi connectivity index (χ3v) is 2.74. The van der Waals surface area contributed by atoms with Crippen LogP contribution in [-0.2, 0) is 4.84 Å². The van der Waals surface area contributed by atoms with Gasteiger partial charge in [-0.05, 0) is 27.5 Å². The minimum atomic E-state index is -0.421. The number of hydrogen-bond donors (Lipinski definition) is 1. The lowest BCUT2D eigenvalue weighted by Gasteiger charge is -2.14. The summed E-state index contributed by atoms with van der Waals surface area (Å²) in [7, 11) is 4.52. The summed E-state index contributed by atoms with van der Waals surface area (Å²) in [6, 6.07) is 0. The molecule has 0 bridgehead atoms. The van der Waals surface area contributed by atoms with E-state index in [-0.39, 0.29) is 11.0 Å². The first kappa shape index (κ1) is 13.1. The van der Waals surface area contributed by atoms with E-state index in [0.717, 1.165) is 5.06 Å². The number of nitrogens with one attached hydrogen (secondary N) is 1. The molecule has 6 nitrogen and oxygen atoms in total. The summed E-state index contributed by atoms with van der Waals surface area (Å²) in [5.74, 6) is 0.0167. The number of rotatable bonds is 3. The molecule has 0 unspecified atom stereocenters. The van der Waals surface area contributed by atoms with E-state index in [1.54, 1.807) is 7.05 Å². The Morgan fingerprint density at radius 1 is 1.56 bits per heavy atom. The maximum absolute atomic E-state index is 11.8. The van der Waals surface area contributed by atoms with Crippen LogP contribution in [0.5, 0.6) is 0 Å². The zero-order valence-electron chi connectivity index (χ0n) is 8.91. The minimum Gasteiger partial charge on any atom is -0.372 e. The molecule has 1 amide bonds. The van der Waals surface area contributed by atoms with Gasteiger partial charge in [-0.15, -0.1) is 0 Å². The monoisotopic (exact) mass is 308 g/mol. The van der Waals surface area contributed by atoms with Crippen molar-refractivity contribution in [3.05, 3.63) is 15.5 Å². The Morgan fingerprint density at radius 3 is 2.69 bits per heavy atom. The largest absolute Gasteiger partial charge is 0.372 e. The van der Waals surface area contributed by atoms with Crippen molar-refractivity contribution in [1.29, 1.82) is 0 Å². The lowest BCUT2D eigenvalue weighted by atomic mass is 10.3. The highest BCUT2D eigenvalue weighted by Gasteiger charge is 2.20. The first-order valence-corrected chi connectivity index (χ1v) is 5.41. The number of hydrogen-bond acceptors (Lipinski definition) is 5. The van der Waals surface area contributed by atoms with Gasteiger partial charge in [-0.1, -0.05) is 0 Å². The Balaban J connectivity index is 3.23. The van der Waals surface area contributed by atoms with Gasteiger partial charge >= 0.3 is 0 Å². The van der Waals surface area contributed by atoms with Crippen LogP contribution in [0.4, 0.5) is 5.82 Å². The van der Waals surface area contributed by atoms with Crippen molar-refractivity contribution in [2.75, 3.05) is 26.5 Å². The van der Waals surface area contributed by atoms with Gasteiger partial charge in [0.1, 0.15) is 5.82 Å². The molecule has 0 aliphatic carbocycles. The highest BCUT2D eigenvalue weighted by atomic mass is 79.9. The topological polar surface area (TPSA) is 67.4 Å². The number of carbonyl (C=O) groups excluding carboxylic acids is 1. The van der Waals surface area contributed by atoms with Gasteiger partial charge in [0.2, 0.25) is 5.28 Å². The average molecular weight is 310 g/mol. The quantitative estimate of drug-likeness (QED) is 0.678. The van der Waals surface area contributed by atoms with E-state index in [0.29, 0.717) is 10.3 Å². The minimum absolute atomic E-state index is 0.0135. The molecular formula is C8H10BrClN4O2. The van der Waals surface area contributed by atoms with Crippen LogP contribution in [0.15, 0.2) is 4.47 Å². The first-order chi connectivity index (χ1) is 7.51. The standard InChI is InChI=1S/C8H10BrClN4O2/c1-11-6-4(9)5(12-8(10)13-6)7(15)14(2)16-3/h1-3H3,(H,11,12,13). The zero-order valence-corrected chi connectivity index (χ0v) is 11.3. The van der Waals surface area contributed by atoms with Crippen LogP contribution in [0.1, 0.15) is 10.5 Å². The fraction of sp³-hybridized carbons (Fsp3) is 0.375. The highest BCUT2D eigenvalue weighted by molar-refractivity contribution is 9.10. The molecule has 8 heteroatoms. The van der Waals surface area contributed by atoms with Gasteiger partial charge in [-0.2, -0.15) is 4.98 Å². The summed E-state index contributed by atoms with van der Waals surface area (Å²) in [5, 5.41) is 3.83. The van der Waals surface area contributed by atoms with Crippen LogP contribution < -0.4 is 5.32 Å². The van der Waals surface area contributed by atoms with E-state index in [4.69, 9.17) is 16.4 Å². The summed E-state index contributed by atoms with van der Waals surface area (Å²) >= 11 is 8.92. The third-order valence-electron chi connectivity index (χ3n) is 1.82. The number of nitrogens with zero attached hydrogens (tertiary/aromatic N) is 3. The summed E-state index contributed by atoms with van der Waals surface area (Å²) < 4.78 is 0.438. The molecule has 0 saturated carbocycles. The maximum Gasteiger partial charge on any atom is 0.297 e. The Morgan fingerprint density at radius 2 is 2.19 bits per heavy atom. The molecule has 1 heterocycles. The van der Waals surface area contributed by atoms with Gasteiger partial charge in [-0.3, -0.25) is 9.63 Å². The highest BCUT2D eigenvalue weighted by Crippen LogP contribution is 2.25. The number of amides is 1. The Bertz CT molecular complexity index is 415. The Labute approximate surface area is 106 Å². The normalized spacial score (nSPS) is 10.1. The van der Waals surface area contributed by atoms with E-state index in [9.17, 15) is 4.79 Å². The third kappa shape index (κ3) is 2.60. The van der Waals surface area contributed by atoms with Crippen molar-refractivity contribution in [2.24, 2.45) is 0 Å². The first-order valence-electron chi connectivity index (χ1n) is 4.24. The van der Waals surface area contributed by atoms with Crippen LogP contribution in [0.3, 0.4) is 0 Å². The molecule has 0 aliphatic heterocycles. The smallest absolute Gasteiger partial charge is 0.297 e. The number of hydroxylamine groups is 2. The van der Waals surface area contributed by atoms with Gasteiger partial charge in [0.25, 0.3) is 5.91 Å². The van der Waals surface area contributed by atoms with Crippen molar-refractivity contribution in [3.8, 4) is 0 Å². The molecule has 0 saturated heterocycles. The molecule has 16 heavy (non-hydrogen) atoms. The number of anilines is 1. The maximum atomic E-state index is 11.8. The predicted molar refractivity (Wildman–Crippen MR) is 63.4 cm³/mol. The van der Waals surface area contributed by atoms with Crippen LogP contribution in [0.2, 0.25) is 5.28 Å². The summed E-state index contributed by atoms with van der Waals surface area (Å²) in [4.78, 5) is 24.3. The van der Waals surface area contributed by atoms with E-state index >= 15 is 0 Å². The number of aromatic nitrogens is 2. The van der Waals surface area contributed by atoms with Crippen molar-refractivity contribution >= 4 is 39.3 Å². The van der Waals surface area contributed by atoms with Crippen LogP contribution >= 0.6 is 27.5 Å². The molecule has 1 aromatic rings. The van der Waals surface area contributed by atoms with E-state index in [1.807, 2.05) is 0 Å². The molecule has 1 N–H and O–H groups in total. The van der Waals surface area contributed by atoms with Gasteiger partial charge < -0.3 is 5.32 Å². The lowest BCUT2D eigenvalue weighted by molar-refractivity contribution is -0.0761. The van der Waals surface area contributed by atoms with Crippen LogP contribution in [0, 0.1) is 0 Å². The fourth-order valence-electron chi connectivity index (χ4n) is 0.959. The molecule has 0 aromatic carbocycles. The Hall–Kier alpha value is -0.920. The van der Waals surface area contributed by atoms with Gasteiger partial charge in [0, 0.05) is 14.1 Å². The second-order valence-electron chi connectivity index (χ2n) is 2.74. The molecule has 1 aromatic heterocycles. The van der Waals surface area contributed by atoms with E-state index < -0.39 is 5.91 Å². The van der Waals surface area contributed by atoms with Gasteiger partial charge in [0.05, 0.1) is 11.6 Å². The van der Waals surface area contributed by atoms with Crippen LogP contribution in [0.25, 0.3) is 0 Å². The lowest BCUT2D eigenvalue weighted by Crippen LogP contribution is -2.27. The molecule has 0 spiro atoms. The molecule has 0 fully saturated rings. The average Bonchev–Trinajstić information content (AvgIpc) is 2.29. The summed E-state index contributed by atoms with van der Waals surface area (Å²) in [6.45, 7) is 0. The van der Waals surface area contributed by atoms with Crippen molar-refractivity contribution in [1.82, 2.24) is 15.0 Å². The van der Waals surface area contributed by atoms with Crippen LogP contribution in [-0.4, -0.2) is 42.1 Å². The fourth-order valence-corrected chi connectivity index (χ4v) is 1.67. The number of halogens is 2. The predicted octanol–water partition coefficient (Wildman–Crippen LogP) is 1.57. The SMILES string of the molecule is CNc1nc(Cl)nc(C(=O)N(C)OC)c1Br. The van der Waals surface area contributed by atoms with E-state index in [2.05, 4.69) is 31.2 Å². The molecule has 0 radical (unpaired) electrons.